The molecule has 0 bridgehead atoms. The molecule has 102 valence electrons. The van der Waals surface area contributed by atoms with Crippen molar-refractivity contribution in [1.82, 2.24) is 0 Å². The second-order valence-corrected chi connectivity index (χ2v) is 5.55. The smallest absolute Gasteiger partial charge is 0.165 e. The maximum atomic E-state index is 12.5. The summed E-state index contributed by atoms with van der Waals surface area (Å²) in [6.07, 6.45) is 4.36. The van der Waals surface area contributed by atoms with Gasteiger partial charge >= 0.3 is 0 Å². The highest BCUT2D eigenvalue weighted by atomic mass is 16.5. The molecule has 0 spiro atoms. The van der Waals surface area contributed by atoms with Crippen LogP contribution in [0.4, 0.5) is 0 Å². The number of carbonyl (C=O) groups excluding carboxylic acids is 1. The molecule has 1 saturated carbocycles. The van der Waals surface area contributed by atoms with Crippen molar-refractivity contribution < 1.29 is 14.3 Å². The Balaban J connectivity index is 1.76. The molecule has 0 saturated heterocycles. The van der Waals surface area contributed by atoms with Crippen LogP contribution >= 0.6 is 0 Å². The van der Waals surface area contributed by atoms with Gasteiger partial charge in [-0.05, 0) is 43.2 Å². The minimum Gasteiger partial charge on any atom is -0.493 e. The van der Waals surface area contributed by atoms with E-state index in [4.69, 9.17) is 9.47 Å². The van der Waals surface area contributed by atoms with E-state index in [0.29, 0.717) is 13.0 Å². The highest BCUT2D eigenvalue weighted by molar-refractivity contribution is 5.89. The van der Waals surface area contributed by atoms with E-state index in [1.165, 1.54) is 5.56 Å². The maximum absolute atomic E-state index is 12.5. The van der Waals surface area contributed by atoms with Crippen LogP contribution in [-0.2, 0) is 9.53 Å². The summed E-state index contributed by atoms with van der Waals surface area (Å²) in [5.74, 6) is 1.49. The van der Waals surface area contributed by atoms with Gasteiger partial charge in [-0.25, -0.2) is 0 Å². The molecular formula is C16H20O3. The second-order valence-electron chi connectivity index (χ2n) is 5.55. The van der Waals surface area contributed by atoms with Gasteiger partial charge in [0, 0.05) is 13.5 Å². The number of fused-ring (bicyclic) bond motifs is 1. The van der Waals surface area contributed by atoms with E-state index >= 15 is 0 Å². The number of benzene rings is 1. The summed E-state index contributed by atoms with van der Waals surface area (Å²) in [6.45, 7) is 0.703. The lowest BCUT2D eigenvalue weighted by molar-refractivity contribution is -0.152. The molecular weight excluding hydrogens is 240 g/mol. The molecule has 1 aromatic carbocycles. The summed E-state index contributed by atoms with van der Waals surface area (Å²) in [5, 5.41) is 0. The molecule has 19 heavy (non-hydrogen) atoms. The largest absolute Gasteiger partial charge is 0.493 e. The van der Waals surface area contributed by atoms with Crippen molar-refractivity contribution in [2.24, 2.45) is 0 Å². The van der Waals surface area contributed by atoms with Gasteiger partial charge in [-0.1, -0.05) is 18.2 Å². The van der Waals surface area contributed by atoms with E-state index in [1.54, 1.807) is 7.11 Å². The molecule has 3 heteroatoms. The predicted octanol–water partition coefficient (Wildman–Crippen LogP) is 3.08. The summed E-state index contributed by atoms with van der Waals surface area (Å²) in [4.78, 5) is 12.5. The average Bonchev–Trinajstić information content (AvgIpc) is 2.38. The number of hydrogen-bond acceptors (Lipinski definition) is 3. The van der Waals surface area contributed by atoms with Crippen LogP contribution in [0.15, 0.2) is 24.3 Å². The lowest BCUT2D eigenvalue weighted by atomic mass is 9.73. The number of ketones is 1. The minimum absolute atomic E-state index is 0.267. The van der Waals surface area contributed by atoms with Gasteiger partial charge < -0.3 is 9.47 Å². The highest BCUT2D eigenvalue weighted by Crippen LogP contribution is 2.41. The summed E-state index contributed by atoms with van der Waals surface area (Å²) in [6, 6.07) is 8.06. The average molecular weight is 260 g/mol. The van der Waals surface area contributed by atoms with Crippen molar-refractivity contribution in [3.05, 3.63) is 29.8 Å². The van der Waals surface area contributed by atoms with Gasteiger partial charge in [0.25, 0.3) is 0 Å². The van der Waals surface area contributed by atoms with Gasteiger partial charge in [0.15, 0.2) is 5.78 Å². The number of Topliss-reactive ketones (excluding diaryl/α,β-unsaturated/α-hetero) is 1. The first-order valence-electron chi connectivity index (χ1n) is 7.05. The third-order valence-corrected chi connectivity index (χ3v) is 4.57. The van der Waals surface area contributed by atoms with E-state index in [1.807, 2.05) is 18.2 Å². The van der Waals surface area contributed by atoms with E-state index < -0.39 is 5.60 Å². The van der Waals surface area contributed by atoms with Gasteiger partial charge in [0.05, 0.1) is 6.61 Å². The topological polar surface area (TPSA) is 35.5 Å². The normalized spacial score (nSPS) is 23.9. The SMILES string of the molecule is COC1(C(=O)CC2CCOc3ccccc32)CCC1. The van der Waals surface area contributed by atoms with Crippen LogP contribution in [0.1, 0.15) is 43.6 Å². The Morgan fingerprint density at radius 2 is 2.21 bits per heavy atom. The zero-order valence-corrected chi connectivity index (χ0v) is 11.4. The lowest BCUT2D eigenvalue weighted by Crippen LogP contribution is -2.47. The van der Waals surface area contributed by atoms with Crippen molar-refractivity contribution >= 4 is 5.78 Å². The Bertz CT molecular complexity index is 471. The number of hydrogen-bond donors (Lipinski definition) is 0. The Hall–Kier alpha value is -1.35. The molecule has 3 rings (SSSR count). The first-order valence-corrected chi connectivity index (χ1v) is 7.05. The highest BCUT2D eigenvalue weighted by Gasteiger charge is 2.44. The monoisotopic (exact) mass is 260 g/mol. The maximum Gasteiger partial charge on any atom is 0.165 e. The molecule has 1 aliphatic carbocycles. The van der Waals surface area contributed by atoms with Crippen LogP contribution in [0.25, 0.3) is 0 Å². The number of ether oxygens (including phenoxy) is 2. The van der Waals surface area contributed by atoms with Crippen LogP contribution in [0, 0.1) is 0 Å². The molecule has 1 aromatic rings. The molecule has 1 unspecified atom stereocenters. The minimum atomic E-state index is -0.479. The summed E-state index contributed by atoms with van der Waals surface area (Å²) in [5.41, 5.74) is 0.695. The zero-order chi connectivity index (χ0) is 13.3. The Kier molecular flexibility index (Phi) is 3.31. The molecule has 1 atom stereocenters. The van der Waals surface area contributed by atoms with Crippen molar-refractivity contribution in [2.45, 2.75) is 43.6 Å². The van der Waals surface area contributed by atoms with E-state index in [2.05, 4.69) is 6.07 Å². The quantitative estimate of drug-likeness (QED) is 0.834. The number of para-hydroxylation sites is 1. The molecule has 1 fully saturated rings. The first-order chi connectivity index (χ1) is 9.25. The van der Waals surface area contributed by atoms with E-state index in [0.717, 1.165) is 31.4 Å². The van der Waals surface area contributed by atoms with Crippen LogP contribution in [0.5, 0.6) is 5.75 Å². The van der Waals surface area contributed by atoms with Crippen molar-refractivity contribution in [2.75, 3.05) is 13.7 Å². The Morgan fingerprint density at radius 3 is 2.89 bits per heavy atom. The fraction of sp³-hybridized carbons (Fsp3) is 0.562. The zero-order valence-electron chi connectivity index (χ0n) is 11.4. The number of carbonyl (C=O) groups is 1. The molecule has 0 aromatic heterocycles. The fourth-order valence-corrected chi connectivity index (χ4v) is 3.13. The van der Waals surface area contributed by atoms with Gasteiger partial charge in [-0.2, -0.15) is 0 Å². The number of rotatable bonds is 4. The molecule has 1 aliphatic heterocycles. The van der Waals surface area contributed by atoms with Crippen LogP contribution < -0.4 is 4.74 Å². The fourth-order valence-electron chi connectivity index (χ4n) is 3.13. The Morgan fingerprint density at radius 1 is 1.42 bits per heavy atom. The lowest BCUT2D eigenvalue weighted by Gasteiger charge is -2.40. The van der Waals surface area contributed by atoms with E-state index in [9.17, 15) is 4.79 Å². The predicted molar refractivity (Wildman–Crippen MR) is 72.5 cm³/mol. The van der Waals surface area contributed by atoms with Crippen molar-refractivity contribution in [3.8, 4) is 5.75 Å². The van der Waals surface area contributed by atoms with Gasteiger partial charge in [-0.3, -0.25) is 4.79 Å². The second kappa shape index (κ2) is 4.97. The van der Waals surface area contributed by atoms with Crippen LogP contribution in [-0.4, -0.2) is 25.1 Å². The van der Waals surface area contributed by atoms with Crippen LogP contribution in [0.3, 0.4) is 0 Å². The molecule has 2 aliphatic rings. The van der Waals surface area contributed by atoms with Crippen molar-refractivity contribution in [1.29, 1.82) is 0 Å². The summed E-state index contributed by atoms with van der Waals surface area (Å²) in [7, 11) is 1.66. The molecule has 0 amide bonds. The number of methoxy groups -OCH3 is 1. The summed E-state index contributed by atoms with van der Waals surface area (Å²) < 4.78 is 11.1. The van der Waals surface area contributed by atoms with E-state index in [-0.39, 0.29) is 11.7 Å². The van der Waals surface area contributed by atoms with Gasteiger partial charge in [0.1, 0.15) is 11.4 Å². The Labute approximate surface area is 113 Å². The molecule has 0 N–H and O–H groups in total. The third-order valence-electron chi connectivity index (χ3n) is 4.57. The molecule has 1 heterocycles. The summed E-state index contributed by atoms with van der Waals surface area (Å²) >= 11 is 0. The molecule has 0 radical (unpaired) electrons. The molecule has 3 nitrogen and oxygen atoms in total. The van der Waals surface area contributed by atoms with Gasteiger partial charge in [0.2, 0.25) is 0 Å². The first kappa shape index (κ1) is 12.7. The van der Waals surface area contributed by atoms with Crippen LogP contribution in [0.2, 0.25) is 0 Å². The third kappa shape index (κ3) is 2.16. The van der Waals surface area contributed by atoms with Crippen molar-refractivity contribution in [3.63, 3.8) is 0 Å². The van der Waals surface area contributed by atoms with Gasteiger partial charge in [-0.15, -0.1) is 0 Å². The standard InChI is InChI=1S/C16H20O3/c1-18-16(8-4-9-16)15(17)11-12-7-10-19-14-6-3-2-5-13(12)14/h2-3,5-6,12H,4,7-11H2,1H3.